The van der Waals surface area contributed by atoms with Gasteiger partial charge in [-0.3, -0.25) is 0 Å². The fraction of sp³-hybridized carbons (Fsp3) is 0.0556. The van der Waals surface area contributed by atoms with E-state index in [0.29, 0.717) is 0 Å². The molecule has 0 bridgehead atoms. The molecule has 0 saturated heterocycles. The highest BCUT2D eigenvalue weighted by atomic mass is 15.3. The summed E-state index contributed by atoms with van der Waals surface area (Å²) < 4.78 is 1.87. The summed E-state index contributed by atoms with van der Waals surface area (Å²) in [6.45, 7) is 2.07. The van der Waals surface area contributed by atoms with Crippen molar-refractivity contribution in [3.8, 4) is 17.5 Å². The van der Waals surface area contributed by atoms with Crippen LogP contribution in [0.5, 0.6) is 0 Å². The minimum absolute atomic E-state index is 0.984. The molecule has 0 aliphatic heterocycles. The van der Waals surface area contributed by atoms with Crippen LogP contribution in [0.4, 0.5) is 0 Å². The highest BCUT2D eigenvalue weighted by molar-refractivity contribution is 5.56. The Labute approximate surface area is 118 Å². The Morgan fingerprint density at radius 2 is 1.75 bits per heavy atom. The van der Waals surface area contributed by atoms with Crippen molar-refractivity contribution in [3.63, 3.8) is 0 Å². The van der Waals surface area contributed by atoms with Crippen LogP contribution in [0.25, 0.3) is 5.69 Å². The molecule has 0 radical (unpaired) electrons. The van der Waals surface area contributed by atoms with Crippen molar-refractivity contribution < 1.29 is 0 Å². The number of nitrogens with zero attached hydrogens (tertiary/aromatic N) is 2. The van der Waals surface area contributed by atoms with Gasteiger partial charge in [-0.25, -0.2) is 4.68 Å². The predicted octanol–water partition coefficient (Wildman–Crippen LogP) is 3.58. The van der Waals surface area contributed by atoms with E-state index < -0.39 is 0 Å². The van der Waals surface area contributed by atoms with Crippen molar-refractivity contribution in [3.05, 3.63) is 83.7 Å². The monoisotopic (exact) mass is 258 g/mol. The van der Waals surface area contributed by atoms with Crippen LogP contribution in [0.15, 0.2) is 67.0 Å². The molecule has 2 nitrogen and oxygen atoms in total. The van der Waals surface area contributed by atoms with Gasteiger partial charge in [-0.05, 0) is 36.8 Å². The van der Waals surface area contributed by atoms with Gasteiger partial charge >= 0.3 is 0 Å². The Morgan fingerprint density at radius 3 is 2.50 bits per heavy atom. The molecule has 96 valence electrons. The second-order valence-electron chi connectivity index (χ2n) is 4.54. The van der Waals surface area contributed by atoms with Crippen LogP contribution >= 0.6 is 0 Å². The molecule has 1 aromatic heterocycles. The van der Waals surface area contributed by atoms with E-state index in [2.05, 4.69) is 29.9 Å². The zero-order valence-corrected chi connectivity index (χ0v) is 11.2. The Balaban J connectivity index is 2.08. The van der Waals surface area contributed by atoms with Crippen LogP contribution in [-0.4, -0.2) is 9.78 Å². The molecule has 20 heavy (non-hydrogen) atoms. The molecule has 0 N–H and O–H groups in total. The van der Waals surface area contributed by atoms with Crippen LogP contribution in [-0.2, 0) is 0 Å². The second kappa shape index (κ2) is 5.46. The first-order valence-corrected chi connectivity index (χ1v) is 6.51. The van der Waals surface area contributed by atoms with Gasteiger partial charge in [-0.1, -0.05) is 42.2 Å². The third-order valence-electron chi connectivity index (χ3n) is 3.09. The van der Waals surface area contributed by atoms with Gasteiger partial charge < -0.3 is 0 Å². The van der Waals surface area contributed by atoms with Crippen molar-refractivity contribution in [1.82, 2.24) is 9.78 Å². The molecular weight excluding hydrogens is 244 g/mol. The van der Waals surface area contributed by atoms with Crippen LogP contribution < -0.4 is 0 Å². The van der Waals surface area contributed by atoms with Gasteiger partial charge in [0.2, 0.25) is 0 Å². The Morgan fingerprint density at radius 1 is 0.900 bits per heavy atom. The number of para-hydroxylation sites is 1. The second-order valence-corrected chi connectivity index (χ2v) is 4.54. The standard InChI is InChI=1S/C18H14N2/c1-15-7-5-10-17(18(15)20-14-6-13-19-20)12-11-16-8-3-2-4-9-16/h2-10,13-14H,1H3. The average molecular weight is 258 g/mol. The molecule has 0 atom stereocenters. The SMILES string of the molecule is Cc1cccc(C#Cc2ccccc2)c1-n1cccn1. The highest BCUT2D eigenvalue weighted by Crippen LogP contribution is 2.17. The molecule has 0 aliphatic carbocycles. The van der Waals surface area contributed by atoms with Crippen molar-refractivity contribution in [2.75, 3.05) is 0 Å². The lowest BCUT2D eigenvalue weighted by Crippen LogP contribution is -2.00. The summed E-state index contributed by atoms with van der Waals surface area (Å²) in [5, 5.41) is 4.31. The van der Waals surface area contributed by atoms with E-state index in [9.17, 15) is 0 Å². The van der Waals surface area contributed by atoms with Crippen molar-refractivity contribution >= 4 is 0 Å². The summed E-state index contributed by atoms with van der Waals surface area (Å²) in [7, 11) is 0. The van der Waals surface area contributed by atoms with Crippen LogP contribution in [0.2, 0.25) is 0 Å². The number of aromatic nitrogens is 2. The van der Waals surface area contributed by atoms with E-state index in [1.807, 2.05) is 59.4 Å². The van der Waals surface area contributed by atoms with Gasteiger partial charge in [0.15, 0.2) is 0 Å². The van der Waals surface area contributed by atoms with Gasteiger partial charge in [-0.15, -0.1) is 0 Å². The molecule has 0 aliphatic rings. The van der Waals surface area contributed by atoms with Crippen molar-refractivity contribution in [1.29, 1.82) is 0 Å². The molecule has 0 amide bonds. The maximum Gasteiger partial charge on any atom is 0.0831 e. The van der Waals surface area contributed by atoms with E-state index in [1.165, 1.54) is 0 Å². The zero-order chi connectivity index (χ0) is 13.8. The van der Waals surface area contributed by atoms with E-state index in [0.717, 1.165) is 22.4 Å². The van der Waals surface area contributed by atoms with Crippen molar-refractivity contribution in [2.45, 2.75) is 6.92 Å². The lowest BCUT2D eigenvalue weighted by Gasteiger charge is -2.08. The fourth-order valence-electron chi connectivity index (χ4n) is 2.13. The van der Waals surface area contributed by atoms with Gasteiger partial charge in [0.25, 0.3) is 0 Å². The normalized spacial score (nSPS) is 9.85. The lowest BCUT2D eigenvalue weighted by molar-refractivity contribution is 0.870. The smallest absolute Gasteiger partial charge is 0.0831 e. The summed E-state index contributed by atoms with van der Waals surface area (Å²) in [4.78, 5) is 0. The first-order chi connectivity index (χ1) is 9.84. The largest absolute Gasteiger partial charge is 0.239 e. The number of hydrogen-bond donors (Lipinski definition) is 0. The molecule has 2 heteroatoms. The van der Waals surface area contributed by atoms with E-state index in [4.69, 9.17) is 0 Å². The van der Waals surface area contributed by atoms with E-state index in [1.54, 1.807) is 6.20 Å². The van der Waals surface area contributed by atoms with Crippen LogP contribution in [0, 0.1) is 18.8 Å². The number of rotatable bonds is 1. The summed E-state index contributed by atoms with van der Waals surface area (Å²) in [6, 6.07) is 18.0. The first kappa shape index (κ1) is 12.3. The van der Waals surface area contributed by atoms with Gasteiger partial charge in [-0.2, -0.15) is 5.10 Å². The third-order valence-corrected chi connectivity index (χ3v) is 3.09. The number of benzene rings is 2. The summed E-state index contributed by atoms with van der Waals surface area (Å²) in [6.07, 6.45) is 3.72. The molecule has 2 aromatic carbocycles. The minimum atomic E-state index is 0.984. The molecular formula is C18H14N2. The van der Waals surface area contributed by atoms with Gasteiger partial charge in [0, 0.05) is 18.0 Å². The van der Waals surface area contributed by atoms with Crippen LogP contribution in [0.1, 0.15) is 16.7 Å². The van der Waals surface area contributed by atoms with Crippen LogP contribution in [0.3, 0.4) is 0 Å². The summed E-state index contributed by atoms with van der Waals surface area (Å²) >= 11 is 0. The average Bonchev–Trinajstić information content (AvgIpc) is 3.00. The topological polar surface area (TPSA) is 17.8 Å². The van der Waals surface area contributed by atoms with Gasteiger partial charge in [0.05, 0.1) is 11.3 Å². The Kier molecular flexibility index (Phi) is 3.34. The molecule has 1 heterocycles. The molecule has 0 unspecified atom stereocenters. The quantitative estimate of drug-likeness (QED) is 0.610. The molecule has 3 rings (SSSR count). The molecule has 0 spiro atoms. The lowest BCUT2D eigenvalue weighted by atomic mass is 10.1. The molecule has 0 saturated carbocycles. The Bertz CT molecular complexity index is 760. The number of hydrogen-bond acceptors (Lipinski definition) is 1. The zero-order valence-electron chi connectivity index (χ0n) is 11.2. The predicted molar refractivity (Wildman–Crippen MR) is 80.7 cm³/mol. The van der Waals surface area contributed by atoms with Crippen molar-refractivity contribution in [2.24, 2.45) is 0 Å². The Hall–Kier alpha value is -2.79. The fourth-order valence-corrected chi connectivity index (χ4v) is 2.13. The number of aryl methyl sites for hydroxylation is 1. The van der Waals surface area contributed by atoms with E-state index >= 15 is 0 Å². The third kappa shape index (κ3) is 2.48. The maximum absolute atomic E-state index is 4.31. The van der Waals surface area contributed by atoms with Gasteiger partial charge in [0.1, 0.15) is 0 Å². The minimum Gasteiger partial charge on any atom is -0.239 e. The first-order valence-electron chi connectivity index (χ1n) is 6.51. The molecule has 3 aromatic rings. The summed E-state index contributed by atoms with van der Waals surface area (Å²) in [5.74, 6) is 6.45. The maximum atomic E-state index is 4.31. The highest BCUT2D eigenvalue weighted by Gasteiger charge is 2.05. The summed E-state index contributed by atoms with van der Waals surface area (Å²) in [5.41, 5.74) is 4.20. The molecule has 0 fully saturated rings. The van der Waals surface area contributed by atoms with E-state index in [-0.39, 0.29) is 0 Å².